The summed E-state index contributed by atoms with van der Waals surface area (Å²) in [5.41, 5.74) is 6.27. The molecule has 1 heterocycles. The van der Waals surface area contributed by atoms with Crippen molar-refractivity contribution in [2.45, 2.75) is 58.8 Å². The second kappa shape index (κ2) is 10.4. The predicted molar refractivity (Wildman–Crippen MR) is 155 cm³/mol. The van der Waals surface area contributed by atoms with Gasteiger partial charge in [0.05, 0.1) is 6.61 Å². The second-order valence-corrected chi connectivity index (χ2v) is 11.8. The first-order valence-electron chi connectivity index (χ1n) is 14.4. The van der Waals surface area contributed by atoms with Gasteiger partial charge in [0.25, 0.3) is 5.91 Å². The lowest BCUT2D eigenvalue weighted by molar-refractivity contribution is -0.112. The largest absolute Gasteiger partial charge is 0.494 e. The Bertz CT molecular complexity index is 1410. The average molecular weight is 520 g/mol. The van der Waals surface area contributed by atoms with Crippen molar-refractivity contribution < 1.29 is 9.53 Å². The molecule has 3 aromatic rings. The molecule has 1 amide bonds. The highest BCUT2D eigenvalue weighted by Gasteiger charge is 2.48. The van der Waals surface area contributed by atoms with E-state index < -0.39 is 5.91 Å². The normalized spacial score (nSPS) is 25.4. The molecule has 0 atom stereocenters. The first-order chi connectivity index (χ1) is 18.9. The van der Waals surface area contributed by atoms with Crippen molar-refractivity contribution >= 4 is 17.7 Å². The standard InChI is InChI=1S/C34H37N3O2/c1-4-39-32-11-7-30(8-12-32)36-34(38)29(20-35)19-26-13-21(2)37(22(26)3)31-9-5-25(6-10-31)33-27-15-23-14-24(17-27)18-28(33)16-23/h5-13,19,23-24,27-28,33H,4,14-18H2,1-3H3,(H,36,38). The molecule has 1 N–H and O–H groups in total. The molecule has 0 spiro atoms. The van der Waals surface area contributed by atoms with Gasteiger partial charge in [-0.15, -0.1) is 0 Å². The van der Waals surface area contributed by atoms with Crippen LogP contribution >= 0.6 is 0 Å². The predicted octanol–water partition coefficient (Wildman–Crippen LogP) is 7.58. The van der Waals surface area contributed by atoms with Gasteiger partial charge in [0, 0.05) is 22.8 Å². The molecule has 5 nitrogen and oxygen atoms in total. The number of ether oxygens (including phenoxy) is 1. The number of hydrogen-bond acceptors (Lipinski definition) is 3. The molecule has 0 saturated heterocycles. The minimum Gasteiger partial charge on any atom is -0.494 e. The summed E-state index contributed by atoms with van der Waals surface area (Å²) < 4.78 is 7.67. The van der Waals surface area contributed by atoms with Crippen molar-refractivity contribution in [1.82, 2.24) is 4.57 Å². The maximum absolute atomic E-state index is 12.9. The molecule has 200 valence electrons. The third-order valence-electron chi connectivity index (χ3n) is 9.32. The van der Waals surface area contributed by atoms with E-state index in [4.69, 9.17) is 4.74 Å². The average Bonchev–Trinajstić information content (AvgIpc) is 3.20. The lowest BCUT2D eigenvalue weighted by atomic mass is 9.51. The zero-order chi connectivity index (χ0) is 27.1. The highest BCUT2D eigenvalue weighted by atomic mass is 16.5. The van der Waals surface area contributed by atoms with Crippen LogP contribution in [0, 0.1) is 48.9 Å². The van der Waals surface area contributed by atoms with Crippen LogP contribution in [0.4, 0.5) is 5.69 Å². The van der Waals surface area contributed by atoms with Crippen molar-refractivity contribution in [3.8, 4) is 17.5 Å². The molecule has 4 saturated carbocycles. The fourth-order valence-electron chi connectivity index (χ4n) is 7.95. The number of carbonyl (C=O) groups is 1. The molecule has 1 aromatic heterocycles. The van der Waals surface area contributed by atoms with Crippen molar-refractivity contribution in [3.05, 3.63) is 82.7 Å². The van der Waals surface area contributed by atoms with Crippen LogP contribution < -0.4 is 10.1 Å². The first kappa shape index (κ1) is 25.5. The number of benzene rings is 2. The van der Waals surface area contributed by atoms with E-state index in [1.54, 1.807) is 30.3 Å². The van der Waals surface area contributed by atoms with E-state index in [-0.39, 0.29) is 5.57 Å². The van der Waals surface area contributed by atoms with Gasteiger partial charge in [-0.2, -0.15) is 5.26 Å². The third kappa shape index (κ3) is 4.89. The molecule has 0 aliphatic heterocycles. The number of nitrogens with zero attached hydrogens (tertiary/aromatic N) is 2. The molecule has 7 rings (SSSR count). The lowest BCUT2D eigenvalue weighted by Gasteiger charge is -2.54. The van der Waals surface area contributed by atoms with Crippen LogP contribution in [0.3, 0.4) is 0 Å². The quantitative estimate of drug-likeness (QED) is 0.258. The Morgan fingerprint density at radius 3 is 2.23 bits per heavy atom. The van der Waals surface area contributed by atoms with Crippen LogP contribution in [0.15, 0.2) is 60.2 Å². The Balaban J connectivity index is 1.20. The summed E-state index contributed by atoms with van der Waals surface area (Å²) in [5, 5.41) is 12.6. The van der Waals surface area contributed by atoms with E-state index in [9.17, 15) is 10.1 Å². The van der Waals surface area contributed by atoms with Gasteiger partial charge < -0.3 is 14.6 Å². The van der Waals surface area contributed by atoms with E-state index >= 15 is 0 Å². The van der Waals surface area contributed by atoms with Gasteiger partial charge in [0.1, 0.15) is 17.4 Å². The molecule has 4 fully saturated rings. The van der Waals surface area contributed by atoms with Crippen LogP contribution in [0.2, 0.25) is 0 Å². The summed E-state index contributed by atoms with van der Waals surface area (Å²) in [4.78, 5) is 12.9. The van der Waals surface area contributed by atoms with E-state index in [0.717, 1.165) is 58.0 Å². The maximum atomic E-state index is 12.9. The van der Waals surface area contributed by atoms with Crippen molar-refractivity contribution in [1.29, 1.82) is 5.26 Å². The van der Waals surface area contributed by atoms with Crippen molar-refractivity contribution in [3.63, 3.8) is 0 Å². The van der Waals surface area contributed by atoms with Gasteiger partial charge in [-0.1, -0.05) is 12.1 Å². The smallest absolute Gasteiger partial charge is 0.266 e. The number of amides is 1. The number of hydrogen-bond donors (Lipinski definition) is 1. The number of aryl methyl sites for hydroxylation is 1. The molecule has 39 heavy (non-hydrogen) atoms. The lowest BCUT2D eigenvalue weighted by Crippen LogP contribution is -2.43. The second-order valence-electron chi connectivity index (χ2n) is 11.8. The Morgan fingerprint density at radius 2 is 1.64 bits per heavy atom. The molecule has 2 aromatic carbocycles. The van der Waals surface area contributed by atoms with Crippen LogP contribution in [-0.4, -0.2) is 17.1 Å². The number of nitriles is 1. The van der Waals surface area contributed by atoms with Crippen LogP contribution in [0.5, 0.6) is 5.75 Å². The monoisotopic (exact) mass is 519 g/mol. The first-order valence-corrected chi connectivity index (χ1v) is 14.4. The molecule has 4 aliphatic carbocycles. The zero-order valence-corrected chi connectivity index (χ0v) is 23.1. The van der Waals surface area contributed by atoms with E-state index in [1.807, 2.05) is 19.9 Å². The number of nitrogens with one attached hydrogen (secondary N) is 1. The van der Waals surface area contributed by atoms with Gasteiger partial charge in [-0.3, -0.25) is 4.79 Å². The summed E-state index contributed by atoms with van der Waals surface area (Å²) in [6.07, 6.45) is 8.89. The number of aromatic nitrogens is 1. The number of carbonyl (C=O) groups excluding carboxylic acids is 1. The highest BCUT2D eigenvalue weighted by molar-refractivity contribution is 6.09. The molecule has 4 bridgehead atoms. The minimum absolute atomic E-state index is 0.0707. The van der Waals surface area contributed by atoms with Crippen LogP contribution in [0.25, 0.3) is 11.8 Å². The summed E-state index contributed by atoms with van der Waals surface area (Å²) in [5.74, 6) is 4.76. The summed E-state index contributed by atoms with van der Waals surface area (Å²) in [6.45, 7) is 6.62. The highest BCUT2D eigenvalue weighted by Crippen LogP contribution is 2.59. The number of anilines is 1. The zero-order valence-electron chi connectivity index (χ0n) is 23.1. The maximum Gasteiger partial charge on any atom is 0.266 e. The van der Waals surface area contributed by atoms with Crippen molar-refractivity contribution in [2.75, 3.05) is 11.9 Å². The summed E-state index contributed by atoms with van der Waals surface area (Å²) >= 11 is 0. The van der Waals surface area contributed by atoms with E-state index in [1.165, 1.54) is 37.7 Å². The molecule has 0 unspecified atom stereocenters. The number of rotatable bonds is 7. The molecule has 5 heteroatoms. The van der Waals surface area contributed by atoms with E-state index in [2.05, 4.69) is 47.1 Å². The van der Waals surface area contributed by atoms with Crippen LogP contribution in [0.1, 0.15) is 67.5 Å². The fourth-order valence-corrected chi connectivity index (χ4v) is 7.95. The van der Waals surface area contributed by atoms with Gasteiger partial charge in [-0.25, -0.2) is 0 Å². The Kier molecular flexibility index (Phi) is 6.81. The molecular weight excluding hydrogens is 482 g/mol. The van der Waals surface area contributed by atoms with Gasteiger partial charge in [-0.05, 0) is 142 Å². The van der Waals surface area contributed by atoms with Crippen molar-refractivity contribution in [2.24, 2.45) is 23.7 Å². The summed E-state index contributed by atoms with van der Waals surface area (Å²) in [6, 6.07) is 20.5. The third-order valence-corrected chi connectivity index (χ3v) is 9.32. The molecular formula is C34H37N3O2. The SMILES string of the molecule is CCOc1ccc(NC(=O)C(C#N)=Cc2cc(C)n(-c3ccc(C4C5CC6CC(C5)CC4C6)cc3)c2C)cc1. The Labute approximate surface area is 231 Å². The minimum atomic E-state index is -0.425. The Morgan fingerprint density at radius 1 is 1.00 bits per heavy atom. The summed E-state index contributed by atoms with van der Waals surface area (Å²) in [7, 11) is 0. The fraction of sp³-hybridized carbons (Fsp3) is 0.412. The van der Waals surface area contributed by atoms with Gasteiger partial charge >= 0.3 is 0 Å². The topological polar surface area (TPSA) is 67.0 Å². The van der Waals surface area contributed by atoms with Gasteiger partial charge in [0.2, 0.25) is 0 Å². The van der Waals surface area contributed by atoms with Gasteiger partial charge in [0.15, 0.2) is 0 Å². The Hall–Kier alpha value is -3.78. The molecule has 0 radical (unpaired) electrons. The van der Waals surface area contributed by atoms with E-state index in [0.29, 0.717) is 12.3 Å². The van der Waals surface area contributed by atoms with Crippen LogP contribution in [-0.2, 0) is 4.79 Å². The molecule has 4 aliphatic rings.